The number of benzene rings is 2. The van der Waals surface area contributed by atoms with E-state index in [1.807, 2.05) is 30.3 Å². The number of hydrazone groups is 1. The van der Waals surface area contributed by atoms with Crippen LogP contribution in [0, 0.1) is 0 Å². The predicted octanol–water partition coefficient (Wildman–Crippen LogP) is 4.71. The van der Waals surface area contributed by atoms with Gasteiger partial charge in [0.05, 0.1) is 12.8 Å². The molecule has 29 heavy (non-hydrogen) atoms. The molecule has 1 aliphatic heterocycles. The van der Waals surface area contributed by atoms with Gasteiger partial charge in [-0.3, -0.25) is 4.79 Å². The van der Waals surface area contributed by atoms with Crippen LogP contribution in [-0.4, -0.2) is 38.4 Å². The fraction of sp³-hybridized carbons (Fsp3) is 0.333. The topological polar surface area (TPSA) is 62.1 Å². The second kappa shape index (κ2) is 8.92. The number of halogens is 3. The van der Waals surface area contributed by atoms with E-state index < -0.39 is 15.4 Å². The average Bonchev–Trinajstić information content (AvgIpc) is 3.08. The molecule has 1 heterocycles. The van der Waals surface area contributed by atoms with Crippen LogP contribution in [0.1, 0.15) is 30.4 Å². The second-order valence-corrected chi connectivity index (χ2v) is 9.10. The van der Waals surface area contributed by atoms with Crippen molar-refractivity contribution in [3.63, 3.8) is 0 Å². The zero-order valence-electron chi connectivity index (χ0n) is 15.8. The Morgan fingerprint density at radius 1 is 1.21 bits per heavy atom. The fourth-order valence-corrected chi connectivity index (χ4v) is 3.63. The number of methoxy groups -OCH3 is 1. The number of carbonyl (C=O) groups is 1. The highest BCUT2D eigenvalue weighted by atomic mass is 35.6. The van der Waals surface area contributed by atoms with Crippen molar-refractivity contribution < 1.29 is 14.6 Å². The number of hydrogen-bond acceptors (Lipinski definition) is 4. The molecule has 3 rings (SSSR count). The summed E-state index contributed by atoms with van der Waals surface area (Å²) in [5.74, 6) is 0.211. The molecule has 0 fully saturated rings. The molecule has 0 aromatic heterocycles. The van der Waals surface area contributed by atoms with E-state index in [0.29, 0.717) is 23.4 Å². The van der Waals surface area contributed by atoms with Crippen LogP contribution >= 0.6 is 34.8 Å². The Morgan fingerprint density at radius 3 is 2.59 bits per heavy atom. The van der Waals surface area contributed by atoms with Crippen LogP contribution in [0.25, 0.3) is 0 Å². The number of alkyl halides is 3. The summed E-state index contributed by atoms with van der Waals surface area (Å²) >= 11 is 18.1. The van der Waals surface area contributed by atoms with E-state index >= 15 is 0 Å². The first kappa shape index (κ1) is 21.9. The van der Waals surface area contributed by atoms with Gasteiger partial charge < -0.3 is 9.84 Å². The third-order valence-corrected chi connectivity index (χ3v) is 5.69. The summed E-state index contributed by atoms with van der Waals surface area (Å²) < 4.78 is 3.09. The van der Waals surface area contributed by atoms with Gasteiger partial charge >= 0.3 is 0 Å². The molecule has 0 spiro atoms. The van der Waals surface area contributed by atoms with Gasteiger partial charge in [-0.25, -0.2) is 0 Å². The van der Waals surface area contributed by atoms with E-state index in [2.05, 4.69) is 5.10 Å². The minimum absolute atomic E-state index is 0.110. The normalized spacial score (nSPS) is 19.2. The zero-order chi connectivity index (χ0) is 21.1. The van der Waals surface area contributed by atoms with Gasteiger partial charge in [-0.1, -0.05) is 77.3 Å². The van der Waals surface area contributed by atoms with Crippen molar-refractivity contribution in [2.45, 2.75) is 35.2 Å². The lowest BCUT2D eigenvalue weighted by Gasteiger charge is -2.36. The van der Waals surface area contributed by atoms with E-state index in [1.54, 1.807) is 31.4 Å². The third kappa shape index (κ3) is 4.86. The smallest absolute Gasteiger partial charge is 0.245 e. The summed E-state index contributed by atoms with van der Waals surface area (Å²) in [5.41, 5.74) is 0.171. The lowest BCUT2D eigenvalue weighted by Crippen LogP contribution is -2.55. The maximum atomic E-state index is 12.9. The van der Waals surface area contributed by atoms with Crippen molar-refractivity contribution in [1.29, 1.82) is 0 Å². The molecule has 0 saturated carbocycles. The van der Waals surface area contributed by atoms with Gasteiger partial charge in [-0.05, 0) is 30.5 Å². The number of carbonyl (C=O) groups excluding carboxylic acids is 1. The molecule has 5 nitrogen and oxygen atoms in total. The van der Waals surface area contributed by atoms with Gasteiger partial charge in [0.25, 0.3) is 0 Å². The fourth-order valence-electron chi connectivity index (χ4n) is 3.19. The molecule has 0 radical (unpaired) electrons. The first-order chi connectivity index (χ1) is 13.7. The van der Waals surface area contributed by atoms with Crippen LogP contribution < -0.4 is 4.74 Å². The monoisotopic (exact) mass is 454 g/mol. The van der Waals surface area contributed by atoms with E-state index in [1.165, 1.54) is 0 Å². The summed E-state index contributed by atoms with van der Waals surface area (Å²) in [6.45, 7) is 0. The Kier molecular flexibility index (Phi) is 6.74. The Labute approximate surface area is 184 Å². The lowest BCUT2D eigenvalue weighted by atomic mass is 10.0. The van der Waals surface area contributed by atoms with Crippen molar-refractivity contribution in [2.75, 3.05) is 7.11 Å². The van der Waals surface area contributed by atoms with Crippen molar-refractivity contribution in [2.24, 2.45) is 5.10 Å². The highest BCUT2D eigenvalue weighted by molar-refractivity contribution is 6.68. The van der Waals surface area contributed by atoms with E-state index in [0.717, 1.165) is 17.0 Å². The van der Waals surface area contributed by atoms with E-state index in [-0.39, 0.29) is 12.8 Å². The highest BCUT2D eigenvalue weighted by Crippen LogP contribution is 2.46. The number of aryl methyl sites for hydroxylation is 1. The minimum atomic E-state index is -2.13. The van der Waals surface area contributed by atoms with Crippen LogP contribution in [0.5, 0.6) is 5.75 Å². The molecule has 1 atom stereocenters. The van der Waals surface area contributed by atoms with Crippen molar-refractivity contribution in [3.8, 4) is 5.75 Å². The highest BCUT2D eigenvalue weighted by Gasteiger charge is 2.57. The Morgan fingerprint density at radius 2 is 1.93 bits per heavy atom. The SMILES string of the molecule is COc1cccc(C2=NN(C(=O)CCCc3ccccc3)C(O)(C(Cl)(Cl)Cl)C2)c1. The average molecular weight is 456 g/mol. The first-order valence-corrected chi connectivity index (χ1v) is 10.3. The maximum absolute atomic E-state index is 12.9. The largest absolute Gasteiger partial charge is 0.497 e. The van der Waals surface area contributed by atoms with Crippen LogP contribution in [0.3, 0.4) is 0 Å². The van der Waals surface area contributed by atoms with E-state index in [9.17, 15) is 9.90 Å². The summed E-state index contributed by atoms with van der Waals surface area (Å²) in [4.78, 5) is 12.9. The number of ether oxygens (including phenoxy) is 1. The summed E-state index contributed by atoms with van der Waals surface area (Å²) in [6.07, 6.45) is 1.35. The molecule has 154 valence electrons. The van der Waals surface area contributed by atoms with Crippen molar-refractivity contribution in [3.05, 3.63) is 65.7 Å². The van der Waals surface area contributed by atoms with Crippen molar-refractivity contribution in [1.82, 2.24) is 5.01 Å². The summed E-state index contributed by atoms with van der Waals surface area (Å²) in [5, 5.41) is 16.3. The number of amides is 1. The quantitative estimate of drug-likeness (QED) is 0.642. The molecule has 0 bridgehead atoms. The van der Waals surface area contributed by atoms with Crippen LogP contribution in [0.4, 0.5) is 0 Å². The molecule has 0 aliphatic carbocycles. The number of nitrogens with zero attached hydrogens (tertiary/aromatic N) is 2. The molecule has 2 aromatic carbocycles. The van der Waals surface area contributed by atoms with Crippen LogP contribution in [0.2, 0.25) is 0 Å². The summed E-state index contributed by atoms with van der Waals surface area (Å²) in [6, 6.07) is 16.9. The van der Waals surface area contributed by atoms with Gasteiger partial charge in [-0.15, -0.1) is 0 Å². The van der Waals surface area contributed by atoms with Crippen molar-refractivity contribution >= 4 is 46.4 Å². The molecule has 1 unspecified atom stereocenters. The Hall–Kier alpha value is -1.79. The molecule has 0 saturated heterocycles. The third-order valence-electron chi connectivity index (χ3n) is 4.78. The maximum Gasteiger partial charge on any atom is 0.245 e. The van der Waals surface area contributed by atoms with Gasteiger partial charge in [0.1, 0.15) is 5.75 Å². The molecular weight excluding hydrogens is 435 g/mol. The number of rotatable bonds is 6. The second-order valence-electron chi connectivity index (χ2n) is 6.81. The molecule has 2 aromatic rings. The predicted molar refractivity (Wildman–Crippen MR) is 116 cm³/mol. The zero-order valence-corrected chi connectivity index (χ0v) is 18.1. The molecule has 1 aliphatic rings. The summed E-state index contributed by atoms with van der Waals surface area (Å²) in [7, 11) is 1.55. The lowest BCUT2D eigenvalue weighted by molar-refractivity contribution is -0.154. The molecule has 8 heteroatoms. The first-order valence-electron chi connectivity index (χ1n) is 9.12. The van der Waals surface area contributed by atoms with Gasteiger partial charge in [0.15, 0.2) is 0 Å². The van der Waals surface area contributed by atoms with Gasteiger partial charge in [-0.2, -0.15) is 10.1 Å². The standard InChI is InChI=1S/C21H21Cl3N2O3/c1-29-17-11-6-10-16(13-17)18-14-20(28,21(22,23)24)26(25-18)19(27)12-5-9-15-7-3-2-4-8-15/h2-4,6-8,10-11,13,28H,5,9,12,14H2,1H3. The Balaban J connectivity index is 1.80. The van der Waals surface area contributed by atoms with Gasteiger partial charge in [0.2, 0.25) is 15.4 Å². The molecular formula is C21H21Cl3N2O3. The number of hydrogen-bond donors (Lipinski definition) is 1. The minimum Gasteiger partial charge on any atom is -0.497 e. The number of aliphatic hydroxyl groups is 1. The van der Waals surface area contributed by atoms with Crippen LogP contribution in [-0.2, 0) is 11.2 Å². The van der Waals surface area contributed by atoms with E-state index in [4.69, 9.17) is 39.5 Å². The molecule has 1 amide bonds. The van der Waals surface area contributed by atoms with Gasteiger partial charge in [0, 0.05) is 18.4 Å². The molecule has 1 N–H and O–H groups in total. The van der Waals surface area contributed by atoms with Crippen LogP contribution in [0.15, 0.2) is 59.7 Å². The Bertz CT molecular complexity index is 900.